The van der Waals surface area contributed by atoms with Crippen LogP contribution in [0.4, 0.5) is 0 Å². The number of ether oxygens (including phenoxy) is 1. The number of hydrogen-bond acceptors (Lipinski definition) is 4. The van der Waals surface area contributed by atoms with Crippen molar-refractivity contribution in [3.8, 4) is 5.75 Å². The van der Waals surface area contributed by atoms with Crippen molar-refractivity contribution in [2.24, 2.45) is 5.92 Å². The average Bonchev–Trinajstić information content (AvgIpc) is 2.58. The normalized spacial score (nSPS) is 16.4. The van der Waals surface area contributed by atoms with Crippen LogP contribution in [0.1, 0.15) is 25.3 Å². The van der Waals surface area contributed by atoms with Crippen LogP contribution in [0, 0.1) is 5.92 Å². The zero-order valence-electron chi connectivity index (χ0n) is 13.8. The Hall–Kier alpha value is -1.59. The van der Waals surface area contributed by atoms with Crippen LogP contribution < -0.4 is 0 Å². The van der Waals surface area contributed by atoms with Gasteiger partial charge in [0.1, 0.15) is 5.75 Å². The fourth-order valence-electron chi connectivity index (χ4n) is 3.33. The van der Waals surface area contributed by atoms with Crippen molar-refractivity contribution in [3.05, 3.63) is 40.4 Å². The van der Waals surface area contributed by atoms with Gasteiger partial charge in [-0.1, -0.05) is 28.1 Å². The summed E-state index contributed by atoms with van der Waals surface area (Å²) in [7, 11) is 0. The molecule has 0 aromatic heterocycles. The van der Waals surface area contributed by atoms with E-state index in [1.807, 2.05) is 25.1 Å². The van der Waals surface area contributed by atoms with Crippen molar-refractivity contribution in [1.82, 2.24) is 4.90 Å². The van der Waals surface area contributed by atoms with Gasteiger partial charge in [-0.2, -0.15) is 0 Å². The zero-order valence-corrected chi connectivity index (χ0v) is 15.4. The van der Waals surface area contributed by atoms with E-state index in [4.69, 9.17) is 4.74 Å². The summed E-state index contributed by atoms with van der Waals surface area (Å²) in [6.45, 7) is 4.67. The third-order valence-electron chi connectivity index (χ3n) is 4.66. The van der Waals surface area contributed by atoms with Gasteiger partial charge in [0, 0.05) is 16.6 Å². The molecule has 1 aliphatic heterocycles. The van der Waals surface area contributed by atoms with Crippen LogP contribution in [0.3, 0.4) is 0 Å². The van der Waals surface area contributed by atoms with Crippen LogP contribution in [0.15, 0.2) is 34.8 Å². The highest BCUT2D eigenvalue weighted by atomic mass is 79.9. The first-order valence-corrected chi connectivity index (χ1v) is 9.17. The van der Waals surface area contributed by atoms with Gasteiger partial charge in [-0.25, -0.2) is 0 Å². The highest BCUT2D eigenvalue weighted by Crippen LogP contribution is 2.31. The molecule has 5 heteroatoms. The van der Waals surface area contributed by atoms with Gasteiger partial charge in [-0.15, -0.1) is 0 Å². The molecule has 0 radical (unpaired) electrons. The van der Waals surface area contributed by atoms with Gasteiger partial charge in [0.25, 0.3) is 0 Å². The molecule has 1 aliphatic rings. The molecule has 0 amide bonds. The topological polar surface area (TPSA) is 49.8 Å². The van der Waals surface area contributed by atoms with Gasteiger partial charge in [-0.3, -0.25) is 9.69 Å². The van der Waals surface area contributed by atoms with Crippen molar-refractivity contribution >= 4 is 32.7 Å². The molecule has 2 aromatic rings. The van der Waals surface area contributed by atoms with Gasteiger partial charge in [0.2, 0.25) is 0 Å². The van der Waals surface area contributed by atoms with E-state index in [1.54, 1.807) is 6.07 Å². The maximum absolute atomic E-state index is 11.8. The Balaban J connectivity index is 1.72. The van der Waals surface area contributed by atoms with E-state index in [-0.39, 0.29) is 11.9 Å². The van der Waals surface area contributed by atoms with Gasteiger partial charge < -0.3 is 9.84 Å². The van der Waals surface area contributed by atoms with Gasteiger partial charge >= 0.3 is 5.97 Å². The smallest absolute Gasteiger partial charge is 0.309 e. The van der Waals surface area contributed by atoms with Gasteiger partial charge in [0.15, 0.2) is 0 Å². The average molecular weight is 392 g/mol. The van der Waals surface area contributed by atoms with E-state index in [1.165, 1.54) is 0 Å². The predicted molar refractivity (Wildman–Crippen MR) is 97.9 cm³/mol. The molecule has 0 unspecified atom stereocenters. The van der Waals surface area contributed by atoms with E-state index in [9.17, 15) is 9.90 Å². The number of rotatable bonds is 4. The fourth-order valence-corrected chi connectivity index (χ4v) is 3.71. The molecule has 1 saturated heterocycles. The molecule has 24 heavy (non-hydrogen) atoms. The van der Waals surface area contributed by atoms with Crippen LogP contribution in [0.25, 0.3) is 10.8 Å². The minimum absolute atomic E-state index is 0.0123. The van der Waals surface area contributed by atoms with E-state index < -0.39 is 0 Å². The molecule has 1 fully saturated rings. The number of carbonyl (C=O) groups is 1. The van der Waals surface area contributed by atoms with Gasteiger partial charge in [-0.05, 0) is 61.8 Å². The second-order valence-electron chi connectivity index (χ2n) is 6.23. The van der Waals surface area contributed by atoms with E-state index in [0.717, 1.165) is 46.7 Å². The standard InChI is InChI=1S/C19H22BrNO3/c1-2-24-19(23)13-7-9-21(10-8-13)12-17-16-5-4-15(20)11-14(16)3-6-18(17)22/h3-6,11,13,22H,2,7-10,12H2,1H3. The highest BCUT2D eigenvalue weighted by Gasteiger charge is 2.26. The summed E-state index contributed by atoms with van der Waals surface area (Å²) in [5.74, 6) is 0.269. The summed E-state index contributed by atoms with van der Waals surface area (Å²) in [5.41, 5.74) is 0.953. The lowest BCUT2D eigenvalue weighted by molar-refractivity contribution is -0.149. The monoisotopic (exact) mass is 391 g/mol. The quantitative estimate of drug-likeness (QED) is 0.797. The molecule has 1 N–H and O–H groups in total. The molecule has 0 aliphatic carbocycles. The largest absolute Gasteiger partial charge is 0.508 e. The number of carbonyl (C=O) groups excluding carboxylic acids is 1. The third kappa shape index (κ3) is 3.73. The molecule has 0 bridgehead atoms. The van der Waals surface area contributed by atoms with Gasteiger partial charge in [0.05, 0.1) is 12.5 Å². The van der Waals surface area contributed by atoms with Crippen LogP contribution >= 0.6 is 15.9 Å². The lowest BCUT2D eigenvalue weighted by atomic mass is 9.96. The van der Waals surface area contributed by atoms with Crippen molar-refractivity contribution in [2.45, 2.75) is 26.3 Å². The SMILES string of the molecule is CCOC(=O)C1CCN(Cc2c(O)ccc3cc(Br)ccc23)CC1. The van der Waals surface area contributed by atoms with Crippen molar-refractivity contribution < 1.29 is 14.6 Å². The summed E-state index contributed by atoms with van der Waals surface area (Å²) in [6, 6.07) is 9.80. The van der Waals surface area contributed by atoms with E-state index in [2.05, 4.69) is 26.9 Å². The number of fused-ring (bicyclic) bond motifs is 1. The molecule has 1 heterocycles. The van der Waals surface area contributed by atoms with Crippen LogP contribution in [-0.4, -0.2) is 35.7 Å². The number of hydrogen-bond donors (Lipinski definition) is 1. The van der Waals surface area contributed by atoms with Crippen LogP contribution in [0.5, 0.6) is 5.75 Å². The number of halogens is 1. The molecule has 2 aromatic carbocycles. The Labute approximate surface area is 150 Å². The second-order valence-corrected chi connectivity index (χ2v) is 7.15. The minimum Gasteiger partial charge on any atom is -0.508 e. The lowest BCUT2D eigenvalue weighted by Gasteiger charge is -2.31. The summed E-state index contributed by atoms with van der Waals surface area (Å²) in [5, 5.41) is 12.5. The molecule has 0 saturated carbocycles. The van der Waals surface area contributed by atoms with E-state index >= 15 is 0 Å². The van der Waals surface area contributed by atoms with Crippen molar-refractivity contribution in [2.75, 3.05) is 19.7 Å². The number of nitrogens with zero attached hydrogens (tertiary/aromatic N) is 1. The highest BCUT2D eigenvalue weighted by molar-refractivity contribution is 9.10. The van der Waals surface area contributed by atoms with Crippen LogP contribution in [0.2, 0.25) is 0 Å². The van der Waals surface area contributed by atoms with Crippen LogP contribution in [-0.2, 0) is 16.1 Å². The Morgan fingerprint density at radius 2 is 2.04 bits per heavy atom. The second kappa shape index (κ2) is 7.53. The van der Waals surface area contributed by atoms with Crippen molar-refractivity contribution in [3.63, 3.8) is 0 Å². The fraction of sp³-hybridized carbons (Fsp3) is 0.421. The third-order valence-corrected chi connectivity index (χ3v) is 5.15. The summed E-state index contributed by atoms with van der Waals surface area (Å²) >= 11 is 3.49. The Morgan fingerprint density at radius 3 is 2.75 bits per heavy atom. The summed E-state index contributed by atoms with van der Waals surface area (Å²) in [4.78, 5) is 14.1. The van der Waals surface area contributed by atoms with E-state index in [0.29, 0.717) is 18.9 Å². The Kier molecular flexibility index (Phi) is 5.41. The zero-order chi connectivity index (χ0) is 17.1. The number of esters is 1. The number of likely N-dealkylation sites (tertiary alicyclic amines) is 1. The number of phenols is 1. The first-order chi connectivity index (χ1) is 11.6. The summed E-state index contributed by atoms with van der Waals surface area (Å²) in [6.07, 6.45) is 1.63. The minimum atomic E-state index is -0.0741. The Bertz CT molecular complexity index is 739. The molecular formula is C19H22BrNO3. The predicted octanol–water partition coefficient (Wildman–Crippen LogP) is 4.08. The molecule has 3 rings (SSSR count). The first-order valence-electron chi connectivity index (χ1n) is 8.37. The molecule has 0 spiro atoms. The number of benzene rings is 2. The summed E-state index contributed by atoms with van der Waals surface area (Å²) < 4.78 is 6.15. The van der Waals surface area contributed by atoms with Crippen molar-refractivity contribution in [1.29, 1.82) is 0 Å². The number of piperidine rings is 1. The number of aromatic hydroxyl groups is 1. The number of phenolic OH excluding ortho intramolecular Hbond substituents is 1. The molecule has 4 nitrogen and oxygen atoms in total. The maximum Gasteiger partial charge on any atom is 0.309 e. The maximum atomic E-state index is 11.8. The lowest BCUT2D eigenvalue weighted by Crippen LogP contribution is -2.36. The molecule has 0 atom stereocenters. The molecular weight excluding hydrogens is 370 g/mol. The Morgan fingerprint density at radius 1 is 1.29 bits per heavy atom. The molecule has 128 valence electrons. The first kappa shape index (κ1) is 17.2.